The molecule has 0 aliphatic heterocycles. The second-order valence-electron chi connectivity index (χ2n) is 9.70. The summed E-state index contributed by atoms with van der Waals surface area (Å²) in [5.41, 5.74) is 1.28. The van der Waals surface area contributed by atoms with Crippen LogP contribution in [0.15, 0.2) is 29.2 Å². The molecule has 0 saturated heterocycles. The van der Waals surface area contributed by atoms with E-state index in [9.17, 15) is 22.9 Å². The molecule has 6 nitrogen and oxygen atoms in total. The minimum absolute atomic E-state index is 0.0296. The first kappa shape index (κ1) is 23.8. The molecule has 0 aromatic heterocycles. The second-order valence-corrected chi connectivity index (χ2v) is 13.4. The van der Waals surface area contributed by atoms with E-state index in [-0.39, 0.29) is 27.9 Å². The van der Waals surface area contributed by atoms with Crippen LogP contribution in [-0.2, 0) is 10.1 Å². The summed E-state index contributed by atoms with van der Waals surface area (Å²) in [7, 11) is -4.69. The predicted molar refractivity (Wildman–Crippen MR) is 137 cm³/mol. The van der Waals surface area contributed by atoms with E-state index in [1.165, 1.54) is 18.6 Å². The second kappa shape index (κ2) is 8.63. The lowest BCUT2D eigenvalue weighted by atomic mass is 9.50. The molecule has 1 N–H and O–H groups in total. The Labute approximate surface area is 220 Å². The molecule has 9 heteroatoms. The third-order valence-corrected chi connectivity index (χ3v) is 10.5. The molecule has 2 aromatic rings. The first-order valence-corrected chi connectivity index (χ1v) is 14.6. The summed E-state index contributed by atoms with van der Waals surface area (Å²) in [4.78, 5) is 12.9. The average Bonchev–Trinajstić information content (AvgIpc) is 2.73. The van der Waals surface area contributed by atoms with Gasteiger partial charge in [0.05, 0.1) is 14.0 Å². The molecule has 4 saturated carbocycles. The van der Waals surface area contributed by atoms with Crippen LogP contribution in [0.25, 0.3) is 0 Å². The highest BCUT2D eigenvalue weighted by atomic mass is 127. The standard InChI is InChI=1S/C24H24I2O6S/c1-11-18(25)10-19(26)22(27)23(11)32-24(28)14-2-3-20(33(29,30)31)17(9-14)21-15-5-12-4-13(7-15)8-16(21)6-12/h2-3,9-10,12-13,15-16,21,27H,4-8H2,1H3,(H,29,30,31)/p-1. The number of carbonyl (C=O) groups is 1. The Kier molecular flexibility index (Phi) is 6.23. The van der Waals surface area contributed by atoms with Gasteiger partial charge in [0.2, 0.25) is 0 Å². The summed E-state index contributed by atoms with van der Waals surface area (Å²) in [5, 5.41) is 10.4. The highest BCUT2D eigenvalue weighted by Gasteiger charge is 2.49. The summed E-state index contributed by atoms with van der Waals surface area (Å²) >= 11 is 4.09. The van der Waals surface area contributed by atoms with Crippen molar-refractivity contribution in [3.05, 3.63) is 48.1 Å². The first-order valence-electron chi connectivity index (χ1n) is 11.0. The van der Waals surface area contributed by atoms with Crippen molar-refractivity contribution < 1.29 is 27.6 Å². The molecular weight excluding hydrogens is 670 g/mol. The van der Waals surface area contributed by atoms with Crippen LogP contribution >= 0.6 is 45.2 Å². The lowest BCUT2D eigenvalue weighted by molar-refractivity contribution is -0.00373. The van der Waals surface area contributed by atoms with Gasteiger partial charge >= 0.3 is 5.97 Å². The number of ether oxygens (including phenoxy) is 1. The van der Waals surface area contributed by atoms with E-state index in [4.69, 9.17) is 4.74 Å². The van der Waals surface area contributed by atoms with Gasteiger partial charge < -0.3 is 14.4 Å². The Hall–Kier alpha value is -0.920. The van der Waals surface area contributed by atoms with Crippen molar-refractivity contribution in [3.8, 4) is 11.5 Å². The van der Waals surface area contributed by atoms with Gasteiger partial charge in [0.15, 0.2) is 11.5 Å². The summed E-state index contributed by atoms with van der Waals surface area (Å²) in [6, 6.07) is 5.93. The van der Waals surface area contributed by atoms with Crippen LogP contribution in [0.2, 0.25) is 0 Å². The lowest BCUT2D eigenvalue weighted by Crippen LogP contribution is -2.44. The molecule has 0 atom stereocenters. The summed E-state index contributed by atoms with van der Waals surface area (Å²) in [6.45, 7) is 1.76. The zero-order valence-corrected chi connectivity index (χ0v) is 23.0. The molecule has 4 aliphatic carbocycles. The number of hydrogen-bond acceptors (Lipinski definition) is 6. The SMILES string of the molecule is Cc1c(I)cc(I)c(O)c1OC(=O)c1ccc(S(=O)(=O)[O-])c(C2C3CC4CC(C3)CC2C4)c1. The molecule has 0 heterocycles. The van der Waals surface area contributed by atoms with Crippen LogP contribution in [0.5, 0.6) is 11.5 Å². The number of carbonyl (C=O) groups excluding carboxylic acids is 1. The van der Waals surface area contributed by atoms with E-state index >= 15 is 0 Å². The molecule has 0 amide bonds. The fourth-order valence-corrected chi connectivity index (χ4v) is 8.98. The predicted octanol–water partition coefficient (Wildman–Crippen LogP) is 5.57. The minimum atomic E-state index is -4.69. The van der Waals surface area contributed by atoms with E-state index in [0.717, 1.165) is 29.3 Å². The van der Waals surface area contributed by atoms with Crippen molar-refractivity contribution in [2.24, 2.45) is 23.7 Å². The topological polar surface area (TPSA) is 104 Å². The van der Waals surface area contributed by atoms with Crippen LogP contribution in [0.1, 0.15) is 59.5 Å². The monoisotopic (exact) mass is 693 g/mol. The number of halogens is 2. The van der Waals surface area contributed by atoms with Crippen molar-refractivity contribution in [1.82, 2.24) is 0 Å². The van der Waals surface area contributed by atoms with Gasteiger partial charge in [-0.3, -0.25) is 0 Å². The van der Waals surface area contributed by atoms with Crippen LogP contribution in [0, 0.1) is 37.7 Å². The minimum Gasteiger partial charge on any atom is -0.744 e. The average molecular weight is 693 g/mol. The summed E-state index contributed by atoms with van der Waals surface area (Å²) in [5.74, 6) is 1.34. The maximum atomic E-state index is 13.1. The maximum absolute atomic E-state index is 13.1. The highest BCUT2D eigenvalue weighted by molar-refractivity contribution is 14.1. The molecule has 2 aromatic carbocycles. The molecular formula is C24H23I2O6S-. The first-order chi connectivity index (χ1) is 15.5. The van der Waals surface area contributed by atoms with Crippen molar-refractivity contribution in [2.45, 2.75) is 49.8 Å². The maximum Gasteiger partial charge on any atom is 0.343 e. The number of esters is 1. The summed E-state index contributed by atoms with van der Waals surface area (Å²) in [6.07, 6.45) is 5.48. The third-order valence-electron chi connectivity index (χ3n) is 7.69. The Morgan fingerprint density at radius 3 is 2.21 bits per heavy atom. The Balaban J connectivity index is 1.54. The van der Waals surface area contributed by atoms with E-state index in [0.29, 0.717) is 38.4 Å². The van der Waals surface area contributed by atoms with Gasteiger partial charge in [-0.1, -0.05) is 0 Å². The Morgan fingerprint density at radius 1 is 1.03 bits per heavy atom. The Morgan fingerprint density at radius 2 is 1.64 bits per heavy atom. The summed E-state index contributed by atoms with van der Waals surface area (Å²) < 4.78 is 43.4. The van der Waals surface area contributed by atoms with Gasteiger partial charge in [0.1, 0.15) is 10.1 Å². The molecule has 0 unspecified atom stereocenters. The normalized spacial score (nSPS) is 28.2. The molecule has 0 spiro atoms. The van der Waals surface area contributed by atoms with E-state index in [2.05, 4.69) is 22.6 Å². The number of aromatic hydroxyl groups is 1. The quantitative estimate of drug-likeness (QED) is 0.195. The molecule has 4 bridgehead atoms. The van der Waals surface area contributed by atoms with Gasteiger partial charge in [-0.2, -0.15) is 0 Å². The van der Waals surface area contributed by atoms with Gasteiger partial charge in [0, 0.05) is 9.13 Å². The fraction of sp³-hybridized carbons (Fsp3) is 0.458. The number of phenolic OH excluding ortho intramolecular Hbond substituents is 1. The van der Waals surface area contributed by atoms with Crippen LogP contribution in [0.4, 0.5) is 0 Å². The van der Waals surface area contributed by atoms with Gasteiger partial charge in [-0.05, 0) is 144 Å². The molecule has 4 aliphatic rings. The van der Waals surface area contributed by atoms with E-state index in [1.54, 1.807) is 19.1 Å². The smallest absolute Gasteiger partial charge is 0.343 e. The molecule has 33 heavy (non-hydrogen) atoms. The van der Waals surface area contributed by atoms with Gasteiger partial charge in [-0.15, -0.1) is 0 Å². The fourth-order valence-electron chi connectivity index (χ4n) is 6.56. The molecule has 176 valence electrons. The largest absolute Gasteiger partial charge is 0.744 e. The highest BCUT2D eigenvalue weighted by Crippen LogP contribution is 2.60. The number of hydrogen-bond donors (Lipinski definition) is 1. The Bertz CT molecular complexity index is 1200. The zero-order chi connectivity index (χ0) is 23.7. The third kappa shape index (κ3) is 4.31. The van der Waals surface area contributed by atoms with Crippen molar-refractivity contribution in [1.29, 1.82) is 0 Å². The van der Waals surface area contributed by atoms with Crippen molar-refractivity contribution in [3.63, 3.8) is 0 Å². The zero-order valence-electron chi connectivity index (χ0n) is 17.9. The number of benzene rings is 2. The molecule has 0 radical (unpaired) electrons. The molecule has 6 rings (SSSR count). The molecule has 4 fully saturated rings. The van der Waals surface area contributed by atoms with Gasteiger partial charge in [0.25, 0.3) is 0 Å². The van der Waals surface area contributed by atoms with Crippen LogP contribution in [-0.4, -0.2) is 24.0 Å². The number of phenols is 1. The lowest BCUT2D eigenvalue weighted by Gasteiger charge is -2.55. The van der Waals surface area contributed by atoms with Crippen LogP contribution < -0.4 is 4.74 Å². The van der Waals surface area contributed by atoms with Crippen molar-refractivity contribution in [2.75, 3.05) is 0 Å². The van der Waals surface area contributed by atoms with Crippen molar-refractivity contribution >= 4 is 61.3 Å². The number of rotatable bonds is 4. The van der Waals surface area contributed by atoms with Gasteiger partial charge in [-0.25, -0.2) is 13.2 Å². The van der Waals surface area contributed by atoms with Crippen LogP contribution in [0.3, 0.4) is 0 Å². The van der Waals surface area contributed by atoms with E-state index in [1.807, 2.05) is 22.6 Å². The van der Waals surface area contributed by atoms with E-state index < -0.39 is 16.1 Å².